The molecular weight excluding hydrogens is 377 g/mol. The maximum Gasteiger partial charge on any atom is 0.226 e. The Kier molecular flexibility index (Phi) is 7.70. The van der Waals surface area contributed by atoms with Gasteiger partial charge in [-0.25, -0.2) is 4.98 Å². The van der Waals surface area contributed by atoms with E-state index in [1.165, 1.54) is 0 Å². The second kappa shape index (κ2) is 8.76. The van der Waals surface area contributed by atoms with Crippen molar-refractivity contribution < 1.29 is 4.42 Å². The molecule has 4 nitrogen and oxygen atoms in total. The minimum atomic E-state index is 0. The minimum absolute atomic E-state index is 0. The molecule has 0 amide bonds. The number of hydrogen-bond donors (Lipinski definition) is 1. The van der Waals surface area contributed by atoms with Crippen LogP contribution in [-0.2, 0) is 6.54 Å². The van der Waals surface area contributed by atoms with E-state index in [0.29, 0.717) is 5.89 Å². The molecule has 0 saturated carbocycles. The summed E-state index contributed by atoms with van der Waals surface area (Å²) >= 11 is 3.43. The molecule has 1 fully saturated rings. The van der Waals surface area contributed by atoms with Crippen molar-refractivity contribution in [1.29, 1.82) is 0 Å². The Morgan fingerprint density at radius 2 is 1.81 bits per heavy atom. The van der Waals surface area contributed by atoms with Crippen LogP contribution in [0.25, 0.3) is 11.5 Å². The SMILES string of the molecule is Brc1ccc(-c2nc(CN3CCNCC3)co2)cc1.Cl.Cl. The molecule has 1 aromatic heterocycles. The van der Waals surface area contributed by atoms with Crippen molar-refractivity contribution in [2.45, 2.75) is 6.54 Å². The Morgan fingerprint density at radius 3 is 2.48 bits per heavy atom. The van der Waals surface area contributed by atoms with E-state index in [-0.39, 0.29) is 24.8 Å². The zero-order valence-corrected chi connectivity index (χ0v) is 14.6. The van der Waals surface area contributed by atoms with E-state index in [1.54, 1.807) is 6.26 Å². The van der Waals surface area contributed by atoms with Crippen LogP contribution in [0.2, 0.25) is 0 Å². The molecule has 2 heterocycles. The van der Waals surface area contributed by atoms with E-state index in [2.05, 4.69) is 31.1 Å². The fourth-order valence-electron chi connectivity index (χ4n) is 2.20. The average molecular weight is 395 g/mol. The van der Waals surface area contributed by atoms with Crippen LogP contribution in [0.3, 0.4) is 0 Å². The van der Waals surface area contributed by atoms with Gasteiger partial charge < -0.3 is 9.73 Å². The Morgan fingerprint density at radius 1 is 1.14 bits per heavy atom. The molecular formula is C14H18BrCl2N3O. The lowest BCUT2D eigenvalue weighted by Gasteiger charge is -2.25. The standard InChI is InChI=1S/C14H16BrN3O.2ClH/c15-12-3-1-11(2-4-12)14-17-13(10-19-14)9-18-7-5-16-6-8-18;;/h1-4,10,16H,5-9H2;2*1H. The van der Waals surface area contributed by atoms with Gasteiger partial charge in [0.1, 0.15) is 6.26 Å². The topological polar surface area (TPSA) is 41.3 Å². The number of oxazole rings is 1. The first-order chi connectivity index (χ1) is 9.31. The van der Waals surface area contributed by atoms with Crippen molar-refractivity contribution in [2.24, 2.45) is 0 Å². The molecule has 0 unspecified atom stereocenters. The second-order valence-electron chi connectivity index (χ2n) is 4.68. The van der Waals surface area contributed by atoms with E-state index in [0.717, 1.165) is 48.5 Å². The van der Waals surface area contributed by atoms with Crippen LogP contribution in [0.5, 0.6) is 0 Å². The van der Waals surface area contributed by atoms with Crippen molar-refractivity contribution in [3.8, 4) is 11.5 Å². The second-order valence-corrected chi connectivity index (χ2v) is 5.59. The fraction of sp³-hybridized carbons (Fsp3) is 0.357. The molecule has 1 saturated heterocycles. The number of rotatable bonds is 3. The lowest BCUT2D eigenvalue weighted by Crippen LogP contribution is -2.42. The van der Waals surface area contributed by atoms with Gasteiger partial charge >= 0.3 is 0 Å². The summed E-state index contributed by atoms with van der Waals surface area (Å²) in [5.41, 5.74) is 2.01. The normalized spacial score (nSPS) is 15.1. The molecule has 0 bridgehead atoms. The van der Waals surface area contributed by atoms with Crippen molar-refractivity contribution in [2.75, 3.05) is 26.2 Å². The summed E-state index contributed by atoms with van der Waals surface area (Å²) < 4.78 is 6.62. The van der Waals surface area contributed by atoms with E-state index in [4.69, 9.17) is 4.42 Å². The predicted molar refractivity (Wildman–Crippen MR) is 92.3 cm³/mol. The largest absolute Gasteiger partial charge is 0.444 e. The number of hydrogen-bond acceptors (Lipinski definition) is 4. The molecule has 1 aliphatic heterocycles. The monoisotopic (exact) mass is 393 g/mol. The zero-order valence-electron chi connectivity index (χ0n) is 11.4. The lowest BCUT2D eigenvalue weighted by atomic mass is 10.2. The van der Waals surface area contributed by atoms with E-state index >= 15 is 0 Å². The summed E-state index contributed by atoms with van der Waals surface area (Å²) in [7, 11) is 0. The summed E-state index contributed by atoms with van der Waals surface area (Å²) in [6.07, 6.45) is 1.76. The van der Waals surface area contributed by atoms with E-state index in [9.17, 15) is 0 Å². The van der Waals surface area contributed by atoms with Gasteiger partial charge in [-0.1, -0.05) is 15.9 Å². The van der Waals surface area contributed by atoms with Gasteiger partial charge in [0.15, 0.2) is 0 Å². The summed E-state index contributed by atoms with van der Waals surface area (Å²) in [6.45, 7) is 5.11. The van der Waals surface area contributed by atoms with Crippen molar-refractivity contribution in [1.82, 2.24) is 15.2 Å². The highest BCUT2D eigenvalue weighted by Crippen LogP contribution is 2.21. The van der Waals surface area contributed by atoms with Crippen molar-refractivity contribution >= 4 is 40.7 Å². The average Bonchev–Trinajstić information content (AvgIpc) is 2.89. The number of nitrogens with one attached hydrogen (secondary N) is 1. The van der Waals surface area contributed by atoms with Crippen LogP contribution in [0.15, 0.2) is 39.4 Å². The molecule has 0 spiro atoms. The highest BCUT2D eigenvalue weighted by atomic mass is 79.9. The summed E-state index contributed by atoms with van der Waals surface area (Å²) in [5, 5.41) is 3.35. The van der Waals surface area contributed by atoms with Crippen LogP contribution in [-0.4, -0.2) is 36.1 Å². The Balaban J connectivity index is 0.00000110. The molecule has 116 valence electrons. The number of aromatic nitrogens is 1. The molecule has 3 rings (SSSR count). The summed E-state index contributed by atoms with van der Waals surface area (Å²) in [4.78, 5) is 6.95. The van der Waals surface area contributed by atoms with Crippen LogP contribution >= 0.6 is 40.7 Å². The van der Waals surface area contributed by atoms with Gasteiger partial charge in [-0.15, -0.1) is 24.8 Å². The molecule has 0 radical (unpaired) electrons. The van der Waals surface area contributed by atoms with Gasteiger partial charge in [-0.05, 0) is 24.3 Å². The van der Waals surface area contributed by atoms with Crippen LogP contribution in [0.4, 0.5) is 0 Å². The van der Waals surface area contributed by atoms with Gasteiger partial charge in [-0.2, -0.15) is 0 Å². The smallest absolute Gasteiger partial charge is 0.226 e. The van der Waals surface area contributed by atoms with Crippen molar-refractivity contribution in [3.63, 3.8) is 0 Å². The Bertz CT molecular complexity index is 541. The van der Waals surface area contributed by atoms with Crippen molar-refractivity contribution in [3.05, 3.63) is 40.7 Å². The molecule has 1 N–H and O–H groups in total. The van der Waals surface area contributed by atoms with Gasteiger partial charge in [0.25, 0.3) is 0 Å². The number of piperazine rings is 1. The first-order valence-electron chi connectivity index (χ1n) is 6.45. The minimum Gasteiger partial charge on any atom is -0.444 e. The molecule has 0 atom stereocenters. The summed E-state index contributed by atoms with van der Waals surface area (Å²) in [6, 6.07) is 8.00. The highest BCUT2D eigenvalue weighted by molar-refractivity contribution is 9.10. The number of halogens is 3. The van der Waals surface area contributed by atoms with Crippen LogP contribution < -0.4 is 5.32 Å². The molecule has 21 heavy (non-hydrogen) atoms. The first kappa shape index (κ1) is 18.5. The summed E-state index contributed by atoms with van der Waals surface area (Å²) in [5.74, 6) is 0.692. The molecule has 1 aromatic carbocycles. The number of benzene rings is 1. The van der Waals surface area contributed by atoms with Gasteiger partial charge in [0.05, 0.1) is 5.69 Å². The molecule has 1 aliphatic rings. The van der Waals surface area contributed by atoms with Gasteiger partial charge in [0, 0.05) is 42.8 Å². The quantitative estimate of drug-likeness (QED) is 0.866. The van der Waals surface area contributed by atoms with E-state index in [1.807, 2.05) is 24.3 Å². The third-order valence-electron chi connectivity index (χ3n) is 3.24. The zero-order chi connectivity index (χ0) is 13.1. The Labute approximate surface area is 145 Å². The molecule has 0 aliphatic carbocycles. The van der Waals surface area contributed by atoms with Gasteiger partial charge in [-0.3, -0.25) is 4.90 Å². The lowest BCUT2D eigenvalue weighted by molar-refractivity contribution is 0.230. The first-order valence-corrected chi connectivity index (χ1v) is 7.24. The fourth-order valence-corrected chi connectivity index (χ4v) is 2.47. The third-order valence-corrected chi connectivity index (χ3v) is 3.77. The van der Waals surface area contributed by atoms with Gasteiger partial charge in [0.2, 0.25) is 5.89 Å². The molecule has 2 aromatic rings. The third kappa shape index (κ3) is 4.97. The predicted octanol–water partition coefficient (Wildman–Crippen LogP) is 3.35. The maximum absolute atomic E-state index is 5.56. The Hall–Kier alpha value is -0.590. The van der Waals surface area contributed by atoms with E-state index < -0.39 is 0 Å². The highest BCUT2D eigenvalue weighted by Gasteiger charge is 2.13. The van der Waals surface area contributed by atoms with Crippen LogP contribution in [0.1, 0.15) is 5.69 Å². The number of nitrogens with zero attached hydrogens (tertiary/aromatic N) is 2. The van der Waals surface area contributed by atoms with Crippen LogP contribution in [0, 0.1) is 0 Å². The maximum atomic E-state index is 5.56. The molecule has 7 heteroatoms.